The number of methoxy groups -OCH3 is 1. The first kappa shape index (κ1) is 20.9. The van der Waals surface area contributed by atoms with Gasteiger partial charge in [-0.15, -0.1) is 0 Å². The van der Waals surface area contributed by atoms with Gasteiger partial charge >= 0.3 is 0 Å². The molecule has 2 aromatic carbocycles. The maximum atomic E-state index is 10.4. The molecule has 0 spiro atoms. The molecule has 154 valence electrons. The smallest absolute Gasteiger partial charge is 0.171 e. The SMILES string of the molecule is CCN(CC)CC(O)COc1cc(OC)ccc1-c1cc(-c2ccccc2)no1. The number of nitrogens with zero attached hydrogens (tertiary/aromatic N) is 2. The summed E-state index contributed by atoms with van der Waals surface area (Å²) in [6.07, 6.45) is -0.594. The Hall–Kier alpha value is -2.83. The molecule has 6 heteroatoms. The van der Waals surface area contributed by atoms with Crippen LogP contribution >= 0.6 is 0 Å². The van der Waals surface area contributed by atoms with E-state index in [-0.39, 0.29) is 6.61 Å². The third-order valence-corrected chi connectivity index (χ3v) is 4.83. The maximum Gasteiger partial charge on any atom is 0.171 e. The molecule has 0 saturated heterocycles. The van der Waals surface area contributed by atoms with Gasteiger partial charge < -0.3 is 24.0 Å². The van der Waals surface area contributed by atoms with Gasteiger partial charge in [-0.05, 0) is 25.2 Å². The average Bonchev–Trinajstić information content (AvgIpc) is 3.26. The number of benzene rings is 2. The first-order valence-electron chi connectivity index (χ1n) is 9.88. The van der Waals surface area contributed by atoms with Crippen LogP contribution in [0.1, 0.15) is 13.8 Å². The number of likely N-dealkylation sites (N-methyl/N-ethyl adjacent to an activating group) is 1. The number of aliphatic hydroxyl groups excluding tert-OH is 1. The summed E-state index contributed by atoms with van der Waals surface area (Å²) in [5, 5.41) is 14.5. The van der Waals surface area contributed by atoms with Crippen molar-refractivity contribution >= 4 is 0 Å². The predicted molar refractivity (Wildman–Crippen MR) is 113 cm³/mol. The fraction of sp³-hybridized carbons (Fsp3) is 0.348. The molecule has 0 saturated carbocycles. The van der Waals surface area contributed by atoms with Crippen molar-refractivity contribution in [2.75, 3.05) is 33.4 Å². The second-order valence-electron chi connectivity index (χ2n) is 6.76. The number of hydrogen-bond donors (Lipinski definition) is 1. The van der Waals surface area contributed by atoms with Gasteiger partial charge in [0.1, 0.15) is 29.9 Å². The van der Waals surface area contributed by atoms with E-state index in [1.807, 2.05) is 48.5 Å². The number of aliphatic hydroxyl groups is 1. The molecule has 1 aromatic heterocycles. The Labute approximate surface area is 171 Å². The van der Waals surface area contributed by atoms with Gasteiger partial charge in [-0.1, -0.05) is 49.3 Å². The Bertz CT molecular complexity index is 891. The van der Waals surface area contributed by atoms with Gasteiger partial charge in [0, 0.05) is 24.2 Å². The lowest BCUT2D eigenvalue weighted by atomic mass is 10.1. The normalized spacial score (nSPS) is 12.2. The highest BCUT2D eigenvalue weighted by Gasteiger charge is 2.16. The molecule has 29 heavy (non-hydrogen) atoms. The Morgan fingerprint density at radius 1 is 1.07 bits per heavy atom. The molecule has 0 radical (unpaired) electrons. The van der Waals surface area contributed by atoms with Gasteiger partial charge in [-0.3, -0.25) is 0 Å². The minimum Gasteiger partial charge on any atom is -0.497 e. The Balaban J connectivity index is 1.80. The zero-order chi connectivity index (χ0) is 20.6. The minimum absolute atomic E-state index is 0.177. The minimum atomic E-state index is -0.594. The van der Waals surface area contributed by atoms with E-state index in [1.54, 1.807) is 13.2 Å². The van der Waals surface area contributed by atoms with Gasteiger partial charge in [0.05, 0.1) is 12.7 Å². The highest BCUT2D eigenvalue weighted by Crippen LogP contribution is 2.35. The van der Waals surface area contributed by atoms with Crippen molar-refractivity contribution in [2.45, 2.75) is 20.0 Å². The van der Waals surface area contributed by atoms with Crippen LogP contribution in [0.4, 0.5) is 0 Å². The molecule has 3 rings (SSSR count). The van der Waals surface area contributed by atoms with Crippen molar-refractivity contribution in [1.29, 1.82) is 0 Å². The van der Waals surface area contributed by atoms with Gasteiger partial charge in [-0.2, -0.15) is 0 Å². The van der Waals surface area contributed by atoms with E-state index in [4.69, 9.17) is 14.0 Å². The molecule has 3 aromatic rings. The van der Waals surface area contributed by atoms with Gasteiger partial charge in [-0.25, -0.2) is 0 Å². The van der Waals surface area contributed by atoms with Crippen molar-refractivity contribution in [1.82, 2.24) is 10.1 Å². The molecule has 1 unspecified atom stereocenters. The molecule has 1 atom stereocenters. The van der Waals surface area contributed by atoms with Crippen LogP contribution in [-0.4, -0.2) is 54.6 Å². The monoisotopic (exact) mass is 396 g/mol. The van der Waals surface area contributed by atoms with Gasteiger partial charge in [0.15, 0.2) is 5.76 Å². The summed E-state index contributed by atoms with van der Waals surface area (Å²) in [6, 6.07) is 17.3. The van der Waals surface area contributed by atoms with Gasteiger partial charge in [0.25, 0.3) is 0 Å². The lowest BCUT2D eigenvalue weighted by Crippen LogP contribution is -2.35. The molecule has 0 aliphatic carbocycles. The number of aromatic nitrogens is 1. The molecular formula is C23H28N2O4. The molecular weight excluding hydrogens is 368 g/mol. The fourth-order valence-corrected chi connectivity index (χ4v) is 3.12. The van der Waals surface area contributed by atoms with Crippen LogP contribution in [-0.2, 0) is 0 Å². The quantitative estimate of drug-likeness (QED) is 0.557. The largest absolute Gasteiger partial charge is 0.497 e. The van der Waals surface area contributed by atoms with Crippen LogP contribution in [0.15, 0.2) is 59.1 Å². The fourth-order valence-electron chi connectivity index (χ4n) is 3.12. The summed E-state index contributed by atoms with van der Waals surface area (Å²) in [6.45, 7) is 6.66. The lowest BCUT2D eigenvalue weighted by Gasteiger charge is -2.22. The zero-order valence-corrected chi connectivity index (χ0v) is 17.2. The second-order valence-corrected chi connectivity index (χ2v) is 6.76. The summed E-state index contributed by atoms with van der Waals surface area (Å²) in [4.78, 5) is 2.16. The summed E-state index contributed by atoms with van der Waals surface area (Å²) in [5.41, 5.74) is 2.49. The Kier molecular flexibility index (Phi) is 7.27. The maximum absolute atomic E-state index is 10.4. The molecule has 6 nitrogen and oxygen atoms in total. The van der Waals surface area contributed by atoms with E-state index >= 15 is 0 Å². The van der Waals surface area contributed by atoms with Crippen LogP contribution in [0.2, 0.25) is 0 Å². The Morgan fingerprint density at radius 2 is 1.83 bits per heavy atom. The zero-order valence-electron chi connectivity index (χ0n) is 17.2. The number of ether oxygens (including phenoxy) is 2. The van der Waals surface area contributed by atoms with Crippen molar-refractivity contribution in [3.63, 3.8) is 0 Å². The van der Waals surface area contributed by atoms with E-state index in [1.165, 1.54) is 0 Å². The van der Waals surface area contributed by atoms with Crippen molar-refractivity contribution in [3.8, 4) is 34.1 Å². The topological polar surface area (TPSA) is 68.0 Å². The molecule has 0 amide bonds. The van der Waals surface area contributed by atoms with Crippen LogP contribution < -0.4 is 9.47 Å². The van der Waals surface area contributed by atoms with E-state index in [2.05, 4.69) is 23.9 Å². The number of rotatable bonds is 10. The Morgan fingerprint density at radius 3 is 2.52 bits per heavy atom. The molecule has 1 heterocycles. The first-order valence-corrected chi connectivity index (χ1v) is 9.88. The lowest BCUT2D eigenvalue weighted by molar-refractivity contribution is 0.0717. The van der Waals surface area contributed by atoms with Crippen LogP contribution in [0.25, 0.3) is 22.6 Å². The third-order valence-electron chi connectivity index (χ3n) is 4.83. The summed E-state index contributed by atoms with van der Waals surface area (Å²) < 4.78 is 16.9. The van der Waals surface area contributed by atoms with Crippen LogP contribution in [0, 0.1) is 0 Å². The summed E-state index contributed by atoms with van der Waals surface area (Å²) in [7, 11) is 1.61. The van der Waals surface area contributed by atoms with Crippen molar-refractivity contribution < 1.29 is 19.1 Å². The van der Waals surface area contributed by atoms with Crippen molar-refractivity contribution in [3.05, 3.63) is 54.6 Å². The van der Waals surface area contributed by atoms with Crippen LogP contribution in [0.3, 0.4) is 0 Å². The third kappa shape index (κ3) is 5.37. The van der Waals surface area contributed by atoms with E-state index in [0.29, 0.717) is 23.8 Å². The molecule has 1 N–H and O–H groups in total. The summed E-state index contributed by atoms with van der Waals surface area (Å²) >= 11 is 0. The number of hydrogen-bond acceptors (Lipinski definition) is 6. The van der Waals surface area contributed by atoms with Gasteiger partial charge in [0.2, 0.25) is 0 Å². The van der Waals surface area contributed by atoms with Crippen molar-refractivity contribution in [2.24, 2.45) is 0 Å². The molecule has 0 fully saturated rings. The highest BCUT2D eigenvalue weighted by molar-refractivity contribution is 5.71. The first-order chi connectivity index (χ1) is 14.1. The van der Waals surface area contributed by atoms with E-state index in [9.17, 15) is 5.11 Å². The van der Waals surface area contributed by atoms with E-state index in [0.717, 1.165) is 29.9 Å². The standard InChI is InChI=1S/C23H28N2O4/c1-4-25(5-2)15-18(26)16-28-22-13-19(27-3)11-12-20(22)23-14-21(24-29-23)17-9-7-6-8-10-17/h6-14,18,26H,4-5,15-16H2,1-3H3. The average molecular weight is 396 g/mol. The van der Waals surface area contributed by atoms with Crippen LogP contribution in [0.5, 0.6) is 11.5 Å². The second kappa shape index (κ2) is 10.1. The molecule has 0 aliphatic rings. The van der Waals surface area contributed by atoms with E-state index < -0.39 is 6.10 Å². The predicted octanol–water partition coefficient (Wildman–Crippen LogP) is 4.10. The summed E-state index contributed by atoms with van der Waals surface area (Å²) in [5.74, 6) is 1.85. The molecule has 0 bridgehead atoms. The highest BCUT2D eigenvalue weighted by atomic mass is 16.5. The molecule has 0 aliphatic heterocycles.